The van der Waals surface area contributed by atoms with Gasteiger partial charge in [-0.3, -0.25) is 9.59 Å². The van der Waals surface area contributed by atoms with Crippen LogP contribution in [0.4, 0.5) is 0 Å². The van der Waals surface area contributed by atoms with Crippen LogP contribution >= 0.6 is 0 Å². The maximum absolute atomic E-state index is 10.1. The molecule has 0 rings (SSSR count). The highest BCUT2D eigenvalue weighted by Crippen LogP contribution is 1.95. The number of rotatable bonds is 8. The van der Waals surface area contributed by atoms with Gasteiger partial charge in [0.25, 0.3) is 0 Å². The molecule has 0 radical (unpaired) electrons. The van der Waals surface area contributed by atoms with E-state index < -0.39 is 24.3 Å². The quantitative estimate of drug-likeness (QED) is 0.148. The lowest BCUT2D eigenvalue weighted by Gasteiger charge is -1.91. The Bertz CT molecular complexity index is 700. The van der Waals surface area contributed by atoms with Crippen molar-refractivity contribution in [3.8, 4) is 6.07 Å². The number of hydrogen-bond acceptors (Lipinski definition) is 8. The van der Waals surface area contributed by atoms with E-state index in [4.69, 9.17) is 25.7 Å². The molecule has 0 bridgehead atoms. The van der Waals surface area contributed by atoms with Crippen LogP contribution < -0.4 is 5.32 Å². The van der Waals surface area contributed by atoms with Crippen LogP contribution in [0.1, 0.15) is 20.3 Å². The van der Waals surface area contributed by atoms with Crippen LogP contribution in [0.5, 0.6) is 0 Å². The molecule has 184 valence electrons. The lowest BCUT2D eigenvalue weighted by Crippen LogP contribution is -2.20. The molecule has 0 fully saturated rings. The number of aliphatic hydroxyl groups is 1. The topological polar surface area (TPSA) is 211 Å². The molecule has 0 saturated carbocycles. The highest BCUT2D eigenvalue weighted by atomic mass is 16.5. The van der Waals surface area contributed by atoms with Crippen LogP contribution in [-0.2, 0) is 28.7 Å². The minimum Gasteiger partial charge on any atom is -0.481 e. The molecular weight excluding hydrogens is 440 g/mol. The van der Waals surface area contributed by atoms with E-state index >= 15 is 0 Å². The maximum Gasteiger partial charge on any atom is 0.331 e. The second-order valence-electron chi connectivity index (χ2n) is 4.76. The normalized spacial score (nSPS) is 7.33. The number of nitrogens with zero attached hydrogens (tertiary/aromatic N) is 1. The highest BCUT2D eigenvalue weighted by Gasteiger charge is 2.07. The van der Waals surface area contributed by atoms with Gasteiger partial charge < -0.3 is 30.5 Å². The average Bonchev–Trinajstić information content (AvgIpc) is 2.74. The van der Waals surface area contributed by atoms with Gasteiger partial charge in [-0.2, -0.15) is 5.26 Å². The molecule has 0 aliphatic rings. The van der Waals surface area contributed by atoms with Gasteiger partial charge in [-0.1, -0.05) is 32.9 Å². The number of carboxylic acid groups (broad SMARTS) is 3. The molecule has 0 saturated heterocycles. The van der Waals surface area contributed by atoms with Gasteiger partial charge in [0.2, 0.25) is 5.91 Å². The third-order valence-electron chi connectivity index (χ3n) is 2.02. The first-order valence-electron chi connectivity index (χ1n) is 8.54. The Kier molecular flexibility index (Phi) is 35.1. The summed E-state index contributed by atoms with van der Waals surface area (Å²) in [5.41, 5.74) is -0.127. The third-order valence-corrected chi connectivity index (χ3v) is 2.02. The summed E-state index contributed by atoms with van der Waals surface area (Å²) in [5, 5.41) is 41.6. The zero-order valence-electron chi connectivity index (χ0n) is 18.6. The first-order chi connectivity index (χ1) is 15.2. The first kappa shape index (κ1) is 39.0. The van der Waals surface area contributed by atoms with E-state index in [-0.39, 0.29) is 29.8 Å². The molecular formula is C21H30N2O10. The minimum absolute atomic E-state index is 0.176. The highest BCUT2D eigenvalue weighted by molar-refractivity contribution is 5.91. The number of hydrogen-bond donors (Lipinski definition) is 5. The number of aliphatic hydroxyl groups excluding tert-OH is 1. The summed E-state index contributed by atoms with van der Waals surface area (Å²) in [4.78, 5) is 49.4. The Morgan fingerprint density at radius 1 is 1.00 bits per heavy atom. The Balaban J connectivity index is -0.000000101. The van der Waals surface area contributed by atoms with Gasteiger partial charge in [-0.25, -0.2) is 14.4 Å². The standard InChI is InChI=1S/C5H6O4.C5H8O2.C4H7NO2.C4H6O2.C3H3N/c1-3(5(8)9)2-4(6)7;1-3-5(6)7-4-2;1-2-4(7)5-3-6;1-3(2)4(5)6;1-2-3-4/h1-2H2,(H,6,7)(H,8,9);3H,1,4H2,2H3;2,6H,1,3H2,(H,5,7);1H2,2H3,(H,5,6);2H,1H2. The molecule has 12 nitrogen and oxygen atoms in total. The summed E-state index contributed by atoms with van der Waals surface area (Å²) < 4.78 is 4.43. The van der Waals surface area contributed by atoms with Crippen molar-refractivity contribution in [1.82, 2.24) is 5.32 Å². The summed E-state index contributed by atoms with van der Waals surface area (Å²) in [6.45, 7) is 18.9. The lowest BCUT2D eigenvalue weighted by atomic mass is 10.2. The number of carbonyl (C=O) groups excluding carboxylic acids is 2. The molecule has 0 aliphatic carbocycles. The van der Waals surface area contributed by atoms with Crippen LogP contribution in [0, 0.1) is 11.3 Å². The van der Waals surface area contributed by atoms with Gasteiger partial charge in [0.05, 0.1) is 19.1 Å². The molecule has 0 spiro atoms. The van der Waals surface area contributed by atoms with Gasteiger partial charge in [0, 0.05) is 23.3 Å². The molecule has 0 unspecified atom stereocenters. The van der Waals surface area contributed by atoms with Crippen LogP contribution in [0.2, 0.25) is 0 Å². The Labute approximate surface area is 192 Å². The zero-order valence-corrected chi connectivity index (χ0v) is 18.6. The fourth-order valence-electron chi connectivity index (χ4n) is 0.609. The van der Waals surface area contributed by atoms with E-state index in [2.05, 4.69) is 42.9 Å². The molecule has 1 amide bonds. The Morgan fingerprint density at radius 3 is 1.52 bits per heavy atom. The largest absolute Gasteiger partial charge is 0.481 e. The zero-order chi connectivity index (χ0) is 27.4. The van der Waals surface area contributed by atoms with E-state index in [0.717, 1.165) is 12.2 Å². The summed E-state index contributed by atoms with van der Waals surface area (Å²) in [5.74, 6) is -4.10. The fraction of sp³-hybridized carbons (Fsp3) is 0.238. The number of allylic oxidation sites excluding steroid dienone is 1. The van der Waals surface area contributed by atoms with Crippen LogP contribution in [0.3, 0.4) is 0 Å². The predicted octanol–water partition coefficient (Wildman–Crippen LogP) is 1.42. The van der Waals surface area contributed by atoms with Gasteiger partial charge >= 0.3 is 23.9 Å². The van der Waals surface area contributed by atoms with Crippen molar-refractivity contribution >= 4 is 29.8 Å². The molecule has 5 N–H and O–H groups in total. The number of nitriles is 1. The minimum atomic E-state index is -1.27. The second kappa shape index (κ2) is 29.7. The van der Waals surface area contributed by atoms with Crippen molar-refractivity contribution in [2.24, 2.45) is 0 Å². The van der Waals surface area contributed by atoms with Crippen LogP contribution in [0.15, 0.2) is 62.3 Å². The predicted molar refractivity (Wildman–Crippen MR) is 120 cm³/mol. The van der Waals surface area contributed by atoms with E-state index in [9.17, 15) is 24.0 Å². The maximum atomic E-state index is 10.1. The number of aliphatic carboxylic acids is 3. The summed E-state index contributed by atoms with van der Waals surface area (Å²) >= 11 is 0. The number of amides is 1. The average molecular weight is 470 g/mol. The van der Waals surface area contributed by atoms with Crippen molar-refractivity contribution in [2.45, 2.75) is 20.3 Å². The van der Waals surface area contributed by atoms with Crippen molar-refractivity contribution in [3.05, 3.63) is 62.3 Å². The smallest absolute Gasteiger partial charge is 0.331 e. The molecule has 0 aromatic carbocycles. The Hall–Kier alpha value is -4.50. The number of carbonyl (C=O) groups is 5. The third kappa shape index (κ3) is 52.2. The first-order valence-corrected chi connectivity index (χ1v) is 8.54. The second-order valence-corrected chi connectivity index (χ2v) is 4.76. The van der Waals surface area contributed by atoms with E-state index in [1.54, 1.807) is 13.0 Å². The van der Waals surface area contributed by atoms with Crippen LogP contribution in [0.25, 0.3) is 0 Å². The molecule has 0 aromatic heterocycles. The molecule has 0 aromatic rings. The number of esters is 1. The van der Waals surface area contributed by atoms with Gasteiger partial charge in [-0.15, -0.1) is 0 Å². The monoisotopic (exact) mass is 470 g/mol. The molecule has 0 aliphatic heterocycles. The van der Waals surface area contributed by atoms with Gasteiger partial charge in [-0.05, 0) is 19.9 Å². The van der Waals surface area contributed by atoms with E-state index in [1.165, 1.54) is 13.0 Å². The van der Waals surface area contributed by atoms with Gasteiger partial charge in [0.15, 0.2) is 0 Å². The lowest BCUT2D eigenvalue weighted by molar-refractivity contribution is -0.139. The number of ether oxygens (including phenoxy) is 1. The molecule has 12 heteroatoms. The summed E-state index contributed by atoms with van der Waals surface area (Å²) in [7, 11) is 0. The van der Waals surface area contributed by atoms with Crippen molar-refractivity contribution < 1.29 is 49.1 Å². The van der Waals surface area contributed by atoms with Crippen LogP contribution in [-0.4, -0.2) is 63.5 Å². The van der Waals surface area contributed by atoms with E-state index in [1.807, 2.05) is 0 Å². The number of carboxylic acids is 3. The summed E-state index contributed by atoms with van der Waals surface area (Å²) in [6, 6.07) is 1.69. The Morgan fingerprint density at radius 2 is 1.42 bits per heavy atom. The SMILES string of the molecule is C=C(C)C(=O)O.C=C(CC(=O)O)C(=O)O.C=CC#N.C=CC(=O)NCO.C=CC(=O)OCC. The van der Waals surface area contributed by atoms with Crippen molar-refractivity contribution in [1.29, 1.82) is 5.26 Å². The summed E-state index contributed by atoms with van der Waals surface area (Å²) in [6.07, 6.45) is 2.91. The molecule has 0 atom stereocenters. The van der Waals surface area contributed by atoms with Crippen molar-refractivity contribution in [2.75, 3.05) is 13.3 Å². The molecule has 0 heterocycles. The number of nitrogens with one attached hydrogen (secondary N) is 1. The van der Waals surface area contributed by atoms with Crippen molar-refractivity contribution in [3.63, 3.8) is 0 Å². The molecule has 33 heavy (non-hydrogen) atoms. The van der Waals surface area contributed by atoms with Gasteiger partial charge in [0.1, 0.15) is 6.73 Å². The fourth-order valence-corrected chi connectivity index (χ4v) is 0.609. The van der Waals surface area contributed by atoms with E-state index in [0.29, 0.717) is 6.61 Å².